The van der Waals surface area contributed by atoms with Crippen molar-refractivity contribution in [3.05, 3.63) is 47.5 Å². The number of amides is 2. The number of halogens is 1. The smallest absolute Gasteiger partial charge is 0.317 e. The van der Waals surface area contributed by atoms with E-state index in [1.165, 1.54) is 30.5 Å². The largest absolute Gasteiger partial charge is 0.376 e. The Morgan fingerprint density at radius 3 is 2.49 bits per heavy atom. The molecular weight excluding hydrogens is 475 g/mol. The molecular formula is C24H33FN4O5S. The summed E-state index contributed by atoms with van der Waals surface area (Å²) in [6, 6.07) is 5.16. The standard InChI is InChI=1S/C24H33FN4O5S/c1-2-26-23(30)28(15-21-5-3-11-33-21)14-20-13-27-24(29(20)16-22-6-4-12-34-22)35(31,32)17-18-7-9-19(25)10-8-18/h7-10,13,21-22H,2-6,11-12,14-17H2,1H3,(H,26,30)/t21-,22-/m1/s1. The number of imidazole rings is 1. The Morgan fingerprint density at radius 2 is 1.86 bits per heavy atom. The molecule has 2 amide bonds. The second-order valence-corrected chi connectivity index (χ2v) is 10.9. The lowest BCUT2D eigenvalue weighted by atomic mass is 10.2. The summed E-state index contributed by atoms with van der Waals surface area (Å²) in [6.45, 7) is 4.58. The molecule has 0 aliphatic carbocycles. The Labute approximate surface area is 205 Å². The third-order valence-electron chi connectivity index (χ3n) is 6.28. The number of benzene rings is 1. The van der Waals surface area contributed by atoms with Gasteiger partial charge in [-0.05, 0) is 50.3 Å². The molecule has 4 rings (SSSR count). The highest BCUT2D eigenvalue weighted by atomic mass is 32.2. The van der Waals surface area contributed by atoms with Crippen LogP contribution < -0.4 is 5.32 Å². The first-order chi connectivity index (χ1) is 16.9. The maximum absolute atomic E-state index is 13.4. The van der Waals surface area contributed by atoms with Gasteiger partial charge in [-0.25, -0.2) is 22.6 Å². The molecule has 0 radical (unpaired) electrons. The molecule has 2 atom stereocenters. The second-order valence-electron chi connectivity index (χ2n) is 9.01. The summed E-state index contributed by atoms with van der Waals surface area (Å²) in [5.74, 6) is -0.726. The molecule has 2 fully saturated rings. The fourth-order valence-corrected chi connectivity index (χ4v) is 6.03. The topological polar surface area (TPSA) is 103 Å². The van der Waals surface area contributed by atoms with Gasteiger partial charge < -0.3 is 24.3 Å². The summed E-state index contributed by atoms with van der Waals surface area (Å²) in [4.78, 5) is 18.8. The van der Waals surface area contributed by atoms with Gasteiger partial charge in [0.05, 0.1) is 42.9 Å². The molecule has 1 N–H and O–H groups in total. The molecule has 0 bridgehead atoms. The van der Waals surface area contributed by atoms with E-state index in [0.29, 0.717) is 44.1 Å². The number of carbonyl (C=O) groups excluding carboxylic acids is 1. The number of hydrogen-bond donors (Lipinski definition) is 1. The van der Waals surface area contributed by atoms with Crippen LogP contribution in [0.3, 0.4) is 0 Å². The van der Waals surface area contributed by atoms with Crippen molar-refractivity contribution in [2.24, 2.45) is 0 Å². The highest BCUT2D eigenvalue weighted by molar-refractivity contribution is 7.90. The SMILES string of the molecule is CCNC(=O)N(Cc1cnc(S(=O)(=O)Cc2ccc(F)cc2)n1C[C@H]1CCCO1)C[C@H]1CCCO1. The molecule has 1 aromatic carbocycles. The van der Waals surface area contributed by atoms with Crippen LogP contribution in [-0.4, -0.2) is 67.4 Å². The van der Waals surface area contributed by atoms with E-state index in [9.17, 15) is 17.6 Å². The number of carbonyl (C=O) groups is 1. The fraction of sp³-hybridized carbons (Fsp3) is 0.583. The molecule has 1 aromatic heterocycles. The van der Waals surface area contributed by atoms with Crippen molar-refractivity contribution >= 4 is 15.9 Å². The maximum atomic E-state index is 13.4. The summed E-state index contributed by atoms with van der Waals surface area (Å²) in [6.07, 6.45) is 4.92. The first-order valence-electron chi connectivity index (χ1n) is 12.1. The van der Waals surface area contributed by atoms with Crippen LogP contribution in [0.1, 0.15) is 43.9 Å². The summed E-state index contributed by atoms with van der Waals surface area (Å²) in [7, 11) is -3.84. The molecule has 0 unspecified atom stereocenters. The van der Waals surface area contributed by atoms with Gasteiger partial charge in [0.25, 0.3) is 0 Å². The Kier molecular flexibility index (Phi) is 8.40. The molecule has 11 heteroatoms. The normalized spacial score (nSPS) is 20.3. The molecule has 0 spiro atoms. The molecule has 2 aliphatic heterocycles. The third-order valence-corrected chi connectivity index (χ3v) is 7.87. The highest BCUT2D eigenvalue weighted by Crippen LogP contribution is 2.23. The monoisotopic (exact) mass is 508 g/mol. The molecule has 0 saturated carbocycles. The predicted octanol–water partition coefficient (Wildman–Crippen LogP) is 2.89. The molecule has 9 nitrogen and oxygen atoms in total. The third kappa shape index (κ3) is 6.59. The Balaban J connectivity index is 1.62. The summed E-state index contributed by atoms with van der Waals surface area (Å²) in [5.41, 5.74) is 1.09. The van der Waals surface area contributed by atoms with Crippen molar-refractivity contribution in [3.8, 4) is 0 Å². The van der Waals surface area contributed by atoms with Crippen LogP contribution in [0, 0.1) is 5.82 Å². The summed E-state index contributed by atoms with van der Waals surface area (Å²) in [5, 5.41) is 2.77. The van der Waals surface area contributed by atoms with Crippen molar-refractivity contribution in [1.82, 2.24) is 19.8 Å². The number of nitrogens with zero attached hydrogens (tertiary/aromatic N) is 3. The summed E-state index contributed by atoms with van der Waals surface area (Å²) < 4.78 is 53.2. The van der Waals surface area contributed by atoms with Gasteiger partial charge in [0.1, 0.15) is 5.82 Å². The van der Waals surface area contributed by atoms with Gasteiger partial charge in [0.15, 0.2) is 0 Å². The van der Waals surface area contributed by atoms with Crippen molar-refractivity contribution in [2.75, 3.05) is 26.3 Å². The van der Waals surface area contributed by atoms with Crippen LogP contribution >= 0.6 is 0 Å². The Morgan fingerprint density at radius 1 is 1.17 bits per heavy atom. The molecule has 2 aliphatic rings. The van der Waals surface area contributed by atoms with E-state index in [-0.39, 0.29) is 35.7 Å². The van der Waals surface area contributed by atoms with Gasteiger partial charge in [-0.1, -0.05) is 12.1 Å². The zero-order valence-corrected chi connectivity index (χ0v) is 20.8. The van der Waals surface area contributed by atoms with Crippen LogP contribution in [0.2, 0.25) is 0 Å². The Bertz CT molecular complexity index is 1090. The van der Waals surface area contributed by atoms with E-state index in [1.807, 2.05) is 6.92 Å². The highest BCUT2D eigenvalue weighted by Gasteiger charge is 2.29. The van der Waals surface area contributed by atoms with Gasteiger partial charge >= 0.3 is 6.03 Å². The molecule has 2 saturated heterocycles. The molecule has 2 aromatic rings. The minimum atomic E-state index is -3.84. The lowest BCUT2D eigenvalue weighted by Crippen LogP contribution is -2.43. The van der Waals surface area contributed by atoms with E-state index < -0.39 is 15.7 Å². The maximum Gasteiger partial charge on any atom is 0.317 e. The van der Waals surface area contributed by atoms with E-state index in [4.69, 9.17) is 9.47 Å². The van der Waals surface area contributed by atoms with Crippen LogP contribution in [-0.2, 0) is 38.2 Å². The van der Waals surface area contributed by atoms with Gasteiger partial charge in [-0.3, -0.25) is 0 Å². The van der Waals surface area contributed by atoms with Crippen molar-refractivity contribution in [1.29, 1.82) is 0 Å². The number of sulfone groups is 1. The second kappa shape index (κ2) is 11.5. The number of ether oxygens (including phenoxy) is 2. The molecule has 192 valence electrons. The molecule has 35 heavy (non-hydrogen) atoms. The fourth-order valence-electron chi connectivity index (χ4n) is 4.53. The zero-order chi connectivity index (χ0) is 24.8. The van der Waals surface area contributed by atoms with Crippen molar-refractivity contribution in [2.45, 2.75) is 68.8 Å². The van der Waals surface area contributed by atoms with E-state index in [0.717, 1.165) is 25.7 Å². The minimum Gasteiger partial charge on any atom is -0.376 e. The van der Waals surface area contributed by atoms with Gasteiger partial charge in [0.2, 0.25) is 15.0 Å². The van der Waals surface area contributed by atoms with E-state index in [1.54, 1.807) is 9.47 Å². The lowest BCUT2D eigenvalue weighted by Gasteiger charge is -2.26. The van der Waals surface area contributed by atoms with Crippen LogP contribution in [0.25, 0.3) is 0 Å². The Hall–Kier alpha value is -2.50. The predicted molar refractivity (Wildman–Crippen MR) is 127 cm³/mol. The average Bonchev–Trinajstić information content (AvgIpc) is 3.59. The zero-order valence-electron chi connectivity index (χ0n) is 20.0. The van der Waals surface area contributed by atoms with E-state index >= 15 is 0 Å². The van der Waals surface area contributed by atoms with Crippen molar-refractivity contribution < 1.29 is 27.1 Å². The number of urea groups is 1. The van der Waals surface area contributed by atoms with Crippen LogP contribution in [0.5, 0.6) is 0 Å². The first-order valence-corrected chi connectivity index (χ1v) is 13.8. The summed E-state index contributed by atoms with van der Waals surface area (Å²) >= 11 is 0. The lowest BCUT2D eigenvalue weighted by molar-refractivity contribution is 0.0772. The van der Waals surface area contributed by atoms with E-state index in [2.05, 4.69) is 10.3 Å². The molecule has 3 heterocycles. The quantitative estimate of drug-likeness (QED) is 0.530. The van der Waals surface area contributed by atoms with Crippen LogP contribution in [0.15, 0.2) is 35.6 Å². The average molecular weight is 509 g/mol. The van der Waals surface area contributed by atoms with Gasteiger partial charge in [-0.15, -0.1) is 0 Å². The van der Waals surface area contributed by atoms with Crippen LogP contribution in [0.4, 0.5) is 9.18 Å². The number of aromatic nitrogens is 2. The number of nitrogens with one attached hydrogen (secondary N) is 1. The minimum absolute atomic E-state index is 0.0474. The van der Waals surface area contributed by atoms with Crippen molar-refractivity contribution in [3.63, 3.8) is 0 Å². The number of hydrogen-bond acceptors (Lipinski definition) is 6. The van der Waals surface area contributed by atoms with Gasteiger partial charge in [0, 0.05) is 26.3 Å². The number of rotatable bonds is 10. The first kappa shape index (κ1) is 25.6. The van der Waals surface area contributed by atoms with Gasteiger partial charge in [-0.2, -0.15) is 0 Å².